The molecule has 2 nitrogen and oxygen atoms in total. The van der Waals surface area contributed by atoms with E-state index in [0.717, 1.165) is 19.6 Å². The van der Waals surface area contributed by atoms with Crippen LogP contribution in [0.5, 0.6) is 0 Å². The predicted molar refractivity (Wildman–Crippen MR) is 79.7 cm³/mol. The van der Waals surface area contributed by atoms with Gasteiger partial charge in [-0.3, -0.25) is 4.90 Å². The molecule has 0 unspecified atom stereocenters. The SMILES string of the molecule is OC[C@@]12CN(Cc3ccccc3)C[C@@H]1c1ccccc12. The molecule has 2 heteroatoms. The Morgan fingerprint density at radius 1 is 1.05 bits per heavy atom. The van der Waals surface area contributed by atoms with Gasteiger partial charge in [0, 0.05) is 31.0 Å². The van der Waals surface area contributed by atoms with Crippen LogP contribution in [0.2, 0.25) is 0 Å². The highest BCUT2D eigenvalue weighted by Gasteiger charge is 2.56. The topological polar surface area (TPSA) is 23.5 Å². The third-order valence-electron chi connectivity index (χ3n) is 5.02. The number of nitrogens with zero attached hydrogens (tertiary/aromatic N) is 1. The van der Waals surface area contributed by atoms with E-state index in [1.165, 1.54) is 16.7 Å². The zero-order valence-corrected chi connectivity index (χ0v) is 11.5. The Labute approximate surface area is 119 Å². The molecule has 0 amide bonds. The van der Waals surface area contributed by atoms with Gasteiger partial charge in [0.1, 0.15) is 0 Å². The lowest BCUT2D eigenvalue weighted by molar-refractivity contribution is 0.162. The first-order chi connectivity index (χ1) is 9.83. The standard InChI is InChI=1S/C18H19NO/c20-13-18-12-19(10-14-6-2-1-3-7-14)11-17(18)15-8-4-5-9-16(15)18/h1-9,17,20H,10-13H2/t17-,18-/m1/s1. The number of benzene rings is 2. The van der Waals surface area contributed by atoms with E-state index in [0.29, 0.717) is 5.92 Å². The summed E-state index contributed by atoms with van der Waals surface area (Å²) >= 11 is 0. The molecule has 1 saturated heterocycles. The normalized spacial score (nSPS) is 27.8. The average Bonchev–Trinajstić information content (AvgIpc) is 2.81. The number of likely N-dealkylation sites (tertiary alicyclic amines) is 1. The molecule has 20 heavy (non-hydrogen) atoms. The van der Waals surface area contributed by atoms with Gasteiger partial charge in [0.15, 0.2) is 0 Å². The first-order valence-corrected chi connectivity index (χ1v) is 7.30. The van der Waals surface area contributed by atoms with Crippen molar-refractivity contribution in [3.8, 4) is 0 Å². The summed E-state index contributed by atoms with van der Waals surface area (Å²) < 4.78 is 0. The summed E-state index contributed by atoms with van der Waals surface area (Å²) in [7, 11) is 0. The van der Waals surface area contributed by atoms with Crippen LogP contribution >= 0.6 is 0 Å². The van der Waals surface area contributed by atoms with Crippen molar-refractivity contribution in [1.29, 1.82) is 0 Å². The predicted octanol–water partition coefficient (Wildman–Crippen LogP) is 2.53. The van der Waals surface area contributed by atoms with Crippen LogP contribution in [0, 0.1) is 0 Å². The summed E-state index contributed by atoms with van der Waals surface area (Å²) in [5.41, 5.74) is 4.15. The molecule has 2 atom stereocenters. The van der Waals surface area contributed by atoms with Gasteiger partial charge in [0.2, 0.25) is 0 Å². The average molecular weight is 265 g/mol. The molecule has 0 spiro atoms. The van der Waals surface area contributed by atoms with Crippen molar-refractivity contribution in [2.75, 3.05) is 19.7 Å². The van der Waals surface area contributed by atoms with Crippen LogP contribution in [-0.4, -0.2) is 29.7 Å². The fourth-order valence-electron chi connectivity index (χ4n) is 4.06. The molecule has 1 N–H and O–H groups in total. The van der Waals surface area contributed by atoms with E-state index in [4.69, 9.17) is 0 Å². The van der Waals surface area contributed by atoms with Crippen LogP contribution in [0.3, 0.4) is 0 Å². The fraction of sp³-hybridized carbons (Fsp3) is 0.333. The van der Waals surface area contributed by atoms with Gasteiger partial charge in [-0.05, 0) is 16.7 Å². The molecule has 102 valence electrons. The van der Waals surface area contributed by atoms with Gasteiger partial charge >= 0.3 is 0 Å². The minimum absolute atomic E-state index is 0.00856. The molecule has 0 saturated carbocycles. The van der Waals surface area contributed by atoms with E-state index in [9.17, 15) is 5.11 Å². The number of aliphatic hydroxyl groups is 1. The van der Waals surface area contributed by atoms with Gasteiger partial charge < -0.3 is 5.11 Å². The molecule has 1 heterocycles. The third-order valence-corrected chi connectivity index (χ3v) is 5.02. The molecule has 1 aliphatic heterocycles. The van der Waals surface area contributed by atoms with Crippen molar-refractivity contribution in [2.45, 2.75) is 17.9 Å². The van der Waals surface area contributed by atoms with Gasteiger partial charge in [-0.2, -0.15) is 0 Å². The lowest BCUT2D eigenvalue weighted by Crippen LogP contribution is -2.46. The molecular formula is C18H19NO. The maximum atomic E-state index is 9.95. The number of fused-ring (bicyclic) bond motifs is 4. The Balaban J connectivity index is 1.59. The highest BCUT2D eigenvalue weighted by molar-refractivity contribution is 5.52. The largest absolute Gasteiger partial charge is 0.395 e. The van der Waals surface area contributed by atoms with Crippen molar-refractivity contribution in [3.05, 3.63) is 71.3 Å². The molecular weight excluding hydrogens is 246 g/mol. The number of hydrogen-bond donors (Lipinski definition) is 1. The van der Waals surface area contributed by atoms with Crippen LogP contribution in [0.4, 0.5) is 0 Å². The second-order valence-electron chi connectivity index (χ2n) is 6.11. The zero-order valence-electron chi connectivity index (χ0n) is 11.5. The fourth-order valence-corrected chi connectivity index (χ4v) is 4.06. The molecule has 1 aliphatic carbocycles. The Hall–Kier alpha value is -1.64. The zero-order chi connectivity index (χ0) is 13.6. The van der Waals surface area contributed by atoms with E-state index >= 15 is 0 Å². The second kappa shape index (κ2) is 4.44. The molecule has 4 rings (SSSR count). The lowest BCUT2D eigenvalue weighted by atomic mass is 9.58. The molecule has 0 aromatic heterocycles. The van der Waals surface area contributed by atoms with Crippen LogP contribution in [-0.2, 0) is 12.0 Å². The Morgan fingerprint density at radius 3 is 2.60 bits per heavy atom. The highest BCUT2D eigenvalue weighted by atomic mass is 16.3. The maximum Gasteiger partial charge on any atom is 0.0546 e. The summed E-state index contributed by atoms with van der Waals surface area (Å²) in [4.78, 5) is 2.48. The summed E-state index contributed by atoms with van der Waals surface area (Å²) in [6, 6.07) is 19.2. The number of aliphatic hydroxyl groups excluding tert-OH is 1. The van der Waals surface area contributed by atoms with Gasteiger partial charge in [-0.1, -0.05) is 54.6 Å². The van der Waals surface area contributed by atoms with Gasteiger partial charge in [0.25, 0.3) is 0 Å². The van der Waals surface area contributed by atoms with E-state index in [1.807, 2.05) is 0 Å². The molecule has 2 aliphatic rings. The van der Waals surface area contributed by atoms with Crippen molar-refractivity contribution < 1.29 is 5.11 Å². The van der Waals surface area contributed by atoms with Gasteiger partial charge in [-0.15, -0.1) is 0 Å². The number of hydrogen-bond acceptors (Lipinski definition) is 2. The van der Waals surface area contributed by atoms with Crippen molar-refractivity contribution in [1.82, 2.24) is 4.90 Å². The van der Waals surface area contributed by atoms with E-state index in [2.05, 4.69) is 59.5 Å². The van der Waals surface area contributed by atoms with Gasteiger partial charge in [0.05, 0.1) is 6.61 Å². The van der Waals surface area contributed by atoms with Crippen LogP contribution in [0.15, 0.2) is 54.6 Å². The van der Waals surface area contributed by atoms with Crippen LogP contribution < -0.4 is 0 Å². The smallest absolute Gasteiger partial charge is 0.0546 e. The molecule has 1 fully saturated rings. The van der Waals surface area contributed by atoms with E-state index < -0.39 is 0 Å². The minimum Gasteiger partial charge on any atom is -0.395 e. The lowest BCUT2D eigenvalue weighted by Gasteiger charge is -2.45. The summed E-state index contributed by atoms with van der Waals surface area (Å²) in [6.07, 6.45) is 0. The third kappa shape index (κ3) is 1.58. The first kappa shape index (κ1) is 12.1. The Kier molecular flexibility index (Phi) is 2.69. The van der Waals surface area contributed by atoms with E-state index in [-0.39, 0.29) is 12.0 Å². The van der Waals surface area contributed by atoms with E-state index in [1.54, 1.807) is 0 Å². The minimum atomic E-state index is -0.00856. The van der Waals surface area contributed by atoms with Crippen LogP contribution in [0.1, 0.15) is 22.6 Å². The van der Waals surface area contributed by atoms with Crippen molar-refractivity contribution in [3.63, 3.8) is 0 Å². The summed E-state index contributed by atoms with van der Waals surface area (Å²) in [6.45, 7) is 3.28. The van der Waals surface area contributed by atoms with Gasteiger partial charge in [-0.25, -0.2) is 0 Å². The monoisotopic (exact) mass is 265 g/mol. The molecule has 2 aromatic carbocycles. The maximum absolute atomic E-state index is 9.95. The quantitative estimate of drug-likeness (QED) is 0.922. The summed E-state index contributed by atoms with van der Waals surface area (Å²) in [5, 5.41) is 9.95. The Morgan fingerprint density at radius 2 is 1.80 bits per heavy atom. The number of rotatable bonds is 3. The Bertz CT molecular complexity index is 624. The van der Waals surface area contributed by atoms with Crippen LogP contribution in [0.25, 0.3) is 0 Å². The van der Waals surface area contributed by atoms with Crippen molar-refractivity contribution >= 4 is 0 Å². The molecule has 0 bridgehead atoms. The first-order valence-electron chi connectivity index (χ1n) is 7.30. The molecule has 2 aromatic rings. The highest BCUT2D eigenvalue weighted by Crippen LogP contribution is 2.55. The second-order valence-corrected chi connectivity index (χ2v) is 6.11. The summed E-state index contributed by atoms with van der Waals surface area (Å²) in [5.74, 6) is 0.507. The molecule has 0 radical (unpaired) electrons. The van der Waals surface area contributed by atoms with Crippen molar-refractivity contribution in [2.24, 2.45) is 0 Å².